The molecule has 0 spiro atoms. The van der Waals surface area contributed by atoms with Crippen molar-refractivity contribution in [2.24, 2.45) is 0 Å². The standard InChI is InChI=1S/C4F6.Li.H3O4P.H/c5-1(3(7)8)2(6)4(9)10;;1-5(2,3)4;/h;;(H3,1,2,3,4);/q;+1;;-1. The SMILES string of the molecule is FC(F)=C(F)C(F)=C(F)F.O=P(O)(O)O.[H-].[Li+]. The van der Waals surface area contributed by atoms with Gasteiger partial charge in [-0.25, -0.2) is 4.57 Å². The molecular weight excluding hydrogens is 264 g/mol. The summed E-state index contributed by atoms with van der Waals surface area (Å²) in [4.78, 5) is 21.6. The van der Waals surface area contributed by atoms with E-state index in [1.807, 2.05) is 0 Å². The van der Waals surface area contributed by atoms with Crippen molar-refractivity contribution in [2.75, 3.05) is 0 Å². The molecule has 92 valence electrons. The molecule has 0 aromatic heterocycles. The molecule has 0 unspecified atom stereocenters. The van der Waals surface area contributed by atoms with Gasteiger partial charge in [0.1, 0.15) is 0 Å². The molecule has 0 aliphatic rings. The van der Waals surface area contributed by atoms with Crippen molar-refractivity contribution in [1.29, 1.82) is 0 Å². The average molecular weight is 268 g/mol. The Hall–Kier alpha value is -0.233. The maximum atomic E-state index is 11.4. The number of allylic oxidation sites excluding steroid dienone is 2. The topological polar surface area (TPSA) is 77.8 Å². The second kappa shape index (κ2) is 8.87. The molecule has 0 aromatic rings. The van der Waals surface area contributed by atoms with Crippen molar-refractivity contribution in [3.05, 3.63) is 23.8 Å². The van der Waals surface area contributed by atoms with Crippen LogP contribution in [-0.4, -0.2) is 14.7 Å². The first-order valence-electron chi connectivity index (χ1n) is 2.67. The Kier molecular flexibility index (Phi) is 11.7. The van der Waals surface area contributed by atoms with Crippen LogP contribution in [0.15, 0.2) is 23.8 Å². The minimum Gasteiger partial charge on any atom is -1.00 e. The van der Waals surface area contributed by atoms with Crippen LogP contribution in [0.3, 0.4) is 0 Å². The maximum absolute atomic E-state index is 11.4. The zero-order valence-corrected chi connectivity index (χ0v) is 8.36. The van der Waals surface area contributed by atoms with Crippen LogP contribution < -0.4 is 18.9 Å². The Morgan fingerprint density at radius 3 is 1.00 bits per heavy atom. The number of rotatable bonds is 1. The summed E-state index contributed by atoms with van der Waals surface area (Å²) in [5, 5.41) is 0. The maximum Gasteiger partial charge on any atom is 1.00 e. The van der Waals surface area contributed by atoms with Crippen molar-refractivity contribution in [1.82, 2.24) is 0 Å². The van der Waals surface area contributed by atoms with Crippen LogP contribution in [0.4, 0.5) is 26.3 Å². The molecule has 0 fully saturated rings. The second-order valence-electron chi connectivity index (χ2n) is 1.66. The normalized spacial score (nSPS) is 9.31. The summed E-state index contributed by atoms with van der Waals surface area (Å²) < 4.78 is 75.4. The van der Waals surface area contributed by atoms with Gasteiger partial charge in [-0.2, -0.15) is 26.3 Å². The smallest absolute Gasteiger partial charge is 1.00 e. The Balaban J connectivity index is -0.000000105. The van der Waals surface area contributed by atoms with Gasteiger partial charge < -0.3 is 16.1 Å². The second-order valence-corrected chi connectivity index (χ2v) is 2.69. The number of hydrogen-bond donors (Lipinski definition) is 3. The molecule has 0 aromatic carbocycles. The van der Waals surface area contributed by atoms with Crippen molar-refractivity contribution < 1.29 is 65.9 Å². The number of hydrogen-bond acceptors (Lipinski definition) is 1. The molecule has 4 nitrogen and oxygen atoms in total. The van der Waals surface area contributed by atoms with Crippen LogP contribution in [0.1, 0.15) is 1.43 Å². The molecule has 0 aliphatic heterocycles. The molecule has 0 heterocycles. The van der Waals surface area contributed by atoms with Crippen molar-refractivity contribution in [3.8, 4) is 0 Å². The van der Waals surface area contributed by atoms with E-state index in [1.54, 1.807) is 0 Å². The van der Waals surface area contributed by atoms with E-state index in [2.05, 4.69) is 0 Å². The van der Waals surface area contributed by atoms with Crippen molar-refractivity contribution >= 4 is 7.82 Å². The largest absolute Gasteiger partial charge is 1.00 e. The number of phosphoric acid groups is 1. The molecule has 16 heavy (non-hydrogen) atoms. The van der Waals surface area contributed by atoms with E-state index in [0.717, 1.165) is 0 Å². The van der Waals surface area contributed by atoms with E-state index in [-0.39, 0.29) is 20.3 Å². The van der Waals surface area contributed by atoms with Crippen molar-refractivity contribution in [2.45, 2.75) is 0 Å². The molecule has 0 aliphatic carbocycles. The van der Waals surface area contributed by atoms with Gasteiger partial charge in [0.25, 0.3) is 0 Å². The van der Waals surface area contributed by atoms with Gasteiger partial charge in [-0.1, -0.05) is 0 Å². The van der Waals surface area contributed by atoms with Gasteiger partial charge in [0, 0.05) is 0 Å². The average Bonchev–Trinajstić information content (AvgIpc) is 1.98. The summed E-state index contributed by atoms with van der Waals surface area (Å²) in [6.45, 7) is 0. The summed E-state index contributed by atoms with van der Waals surface area (Å²) >= 11 is 0. The monoisotopic (exact) mass is 268 g/mol. The molecule has 0 amide bonds. The zero-order chi connectivity index (χ0) is 12.8. The van der Waals surface area contributed by atoms with E-state index in [4.69, 9.17) is 19.2 Å². The first-order valence-corrected chi connectivity index (χ1v) is 4.23. The molecule has 0 radical (unpaired) electrons. The predicted octanol–water partition coefficient (Wildman–Crippen LogP) is -0.670. The van der Waals surface area contributed by atoms with Crippen LogP contribution >= 0.6 is 7.82 Å². The van der Waals surface area contributed by atoms with E-state index in [9.17, 15) is 26.3 Å². The van der Waals surface area contributed by atoms with Gasteiger partial charge in [0.15, 0.2) is 0 Å². The quantitative estimate of drug-likeness (QED) is 0.255. The molecule has 12 heteroatoms. The van der Waals surface area contributed by atoms with Gasteiger partial charge in [0.2, 0.25) is 11.7 Å². The molecule has 0 saturated heterocycles. The van der Waals surface area contributed by atoms with E-state index >= 15 is 0 Å². The summed E-state index contributed by atoms with van der Waals surface area (Å²) in [5.41, 5.74) is 0. The summed E-state index contributed by atoms with van der Waals surface area (Å²) in [7, 11) is -4.64. The Bertz CT molecular complexity index is 292. The third-order valence-electron chi connectivity index (χ3n) is 0.525. The molecule has 0 rings (SSSR count). The van der Waals surface area contributed by atoms with Crippen LogP contribution in [-0.2, 0) is 4.57 Å². The Labute approximate surface area is 98.2 Å². The number of halogens is 6. The Morgan fingerprint density at radius 2 is 0.938 bits per heavy atom. The van der Waals surface area contributed by atoms with E-state index in [0.29, 0.717) is 0 Å². The van der Waals surface area contributed by atoms with Gasteiger partial charge in [0.05, 0.1) is 0 Å². The zero-order valence-electron chi connectivity index (χ0n) is 8.46. The van der Waals surface area contributed by atoms with Crippen LogP contribution in [0.5, 0.6) is 0 Å². The molecule has 0 bridgehead atoms. The molecular formula is C4H4F6LiO4P. The van der Waals surface area contributed by atoms with Gasteiger partial charge >= 0.3 is 38.8 Å². The summed E-state index contributed by atoms with van der Waals surface area (Å²) in [6.07, 6.45) is -6.21. The van der Waals surface area contributed by atoms with Crippen molar-refractivity contribution in [3.63, 3.8) is 0 Å². The minimum absolute atomic E-state index is 0. The molecule has 0 atom stereocenters. The fraction of sp³-hybridized carbons (Fsp3) is 0. The van der Waals surface area contributed by atoms with E-state index < -0.39 is 31.6 Å². The van der Waals surface area contributed by atoms with Crippen LogP contribution in [0.2, 0.25) is 0 Å². The molecule has 0 saturated carbocycles. The predicted molar refractivity (Wildman–Crippen MR) is 36.1 cm³/mol. The summed E-state index contributed by atoms with van der Waals surface area (Å²) in [6, 6.07) is 0. The minimum atomic E-state index is -4.64. The summed E-state index contributed by atoms with van der Waals surface area (Å²) in [5.74, 6) is -5.64. The van der Waals surface area contributed by atoms with Crippen LogP contribution in [0, 0.1) is 0 Å². The fourth-order valence-corrected chi connectivity index (χ4v) is 0.166. The van der Waals surface area contributed by atoms with Gasteiger partial charge in [-0.05, 0) is 0 Å². The Morgan fingerprint density at radius 1 is 0.812 bits per heavy atom. The van der Waals surface area contributed by atoms with Gasteiger partial charge in [-0.15, -0.1) is 0 Å². The van der Waals surface area contributed by atoms with E-state index in [1.165, 1.54) is 0 Å². The van der Waals surface area contributed by atoms with Gasteiger partial charge in [-0.3, -0.25) is 0 Å². The fourth-order valence-electron chi connectivity index (χ4n) is 0.166. The first kappa shape index (κ1) is 21.1. The molecule has 3 N–H and O–H groups in total. The third-order valence-corrected chi connectivity index (χ3v) is 0.525. The first-order chi connectivity index (χ1) is 6.46. The third kappa shape index (κ3) is 16.2. The van der Waals surface area contributed by atoms with Crippen LogP contribution in [0.25, 0.3) is 0 Å².